The number of carbonyl (C=O) groups is 5. The first-order chi connectivity index (χ1) is 26.9. The van der Waals surface area contributed by atoms with Crippen molar-refractivity contribution in [1.29, 1.82) is 0 Å². The number of amides is 2. The third-order valence-corrected chi connectivity index (χ3v) is 8.99. The summed E-state index contributed by atoms with van der Waals surface area (Å²) >= 11 is 0. The zero-order valence-corrected chi connectivity index (χ0v) is 32.5. The van der Waals surface area contributed by atoms with Gasteiger partial charge in [0.15, 0.2) is 5.78 Å². The molecule has 0 fully saturated rings. The summed E-state index contributed by atoms with van der Waals surface area (Å²) in [4.78, 5) is 85.9. The highest BCUT2D eigenvalue weighted by Crippen LogP contribution is 2.21. The van der Waals surface area contributed by atoms with Gasteiger partial charge in [-0.25, -0.2) is 14.4 Å². The van der Waals surface area contributed by atoms with Crippen molar-refractivity contribution >= 4 is 57.6 Å². The van der Waals surface area contributed by atoms with E-state index in [1.807, 2.05) is 0 Å². The van der Waals surface area contributed by atoms with Crippen LogP contribution in [0, 0.1) is 0 Å². The summed E-state index contributed by atoms with van der Waals surface area (Å²) in [7, 11) is 0. The van der Waals surface area contributed by atoms with Gasteiger partial charge in [-0.15, -0.1) is 0 Å². The Morgan fingerprint density at radius 2 is 1.23 bits per heavy atom. The Kier molecular flexibility index (Phi) is 16.2. The lowest BCUT2D eigenvalue weighted by Gasteiger charge is -2.18. The number of imidazole rings is 1. The van der Waals surface area contributed by atoms with E-state index >= 15 is 0 Å². The number of rotatable bonds is 21. The number of aromatic nitrogens is 2. The molecule has 1 heterocycles. The number of hydrogen-bond donors (Lipinski definition) is 4. The summed E-state index contributed by atoms with van der Waals surface area (Å²) in [5, 5.41) is 13.3. The van der Waals surface area contributed by atoms with Crippen LogP contribution < -0.4 is 16.3 Å². The van der Waals surface area contributed by atoms with Crippen LogP contribution in [0.3, 0.4) is 0 Å². The van der Waals surface area contributed by atoms with Gasteiger partial charge < -0.3 is 39.9 Å². The molecule has 0 saturated heterocycles. The average Bonchev–Trinajstić information content (AvgIpc) is 3.57. The van der Waals surface area contributed by atoms with Gasteiger partial charge in [0.25, 0.3) is 11.8 Å². The fourth-order valence-electron chi connectivity index (χ4n) is 5.73. The molecule has 1 aromatic heterocycles. The molecule has 0 aliphatic heterocycles. The molecular weight excluding hydrogens is 720 g/mol. The second kappa shape index (κ2) is 21.2. The van der Waals surface area contributed by atoms with Gasteiger partial charge in [-0.2, -0.15) is 10.2 Å². The van der Waals surface area contributed by atoms with Gasteiger partial charge in [-0.05, 0) is 107 Å². The van der Waals surface area contributed by atoms with Crippen LogP contribution in [0.15, 0.2) is 75.7 Å². The number of Topliss-reactive ketones (excluding diaryl/α,β-unsaturated/α-hetero) is 1. The van der Waals surface area contributed by atoms with Crippen molar-refractivity contribution in [3.05, 3.63) is 87.8 Å². The summed E-state index contributed by atoms with van der Waals surface area (Å²) in [5.41, 5.74) is 1.82. The number of H-pyrrole nitrogens is 2. The van der Waals surface area contributed by atoms with E-state index in [0.717, 1.165) is 39.3 Å². The molecule has 0 radical (unpaired) electrons. The Morgan fingerprint density at radius 1 is 0.679 bits per heavy atom. The number of hydrogen-bond acceptors (Lipinski definition) is 12. The maximum Gasteiger partial charge on any atom is 0.338 e. The van der Waals surface area contributed by atoms with Gasteiger partial charge >= 0.3 is 17.6 Å². The van der Waals surface area contributed by atoms with Gasteiger partial charge in [-0.3, -0.25) is 14.4 Å². The smallest absolute Gasteiger partial charge is 0.338 e. The highest BCUT2D eigenvalue weighted by atomic mass is 16.5. The summed E-state index contributed by atoms with van der Waals surface area (Å²) < 4.78 is 11.0. The van der Waals surface area contributed by atoms with Crippen molar-refractivity contribution in [3.8, 4) is 0 Å². The lowest BCUT2D eigenvalue weighted by molar-refractivity contribution is -0.126. The number of anilines is 2. The highest BCUT2D eigenvalue weighted by Gasteiger charge is 2.24. The standard InChI is InChI=1S/C40H50N8O8/c1-6-47(7-2)18-10-20-55-38(52)28-22-29(39(53)56-21-11-19-48(8-3)9-4)24-32(23-28)42-36(50)27-12-14-30(15-13-27)45-46-35(26(5)49)37(51)41-31-16-17-33-34(25-31)44-40(54)43-33/h12-17,22-25,35H,6-11,18-21H2,1-5H3,(H,41,51)(H,42,50)(H2,43,44,54)/b46-45+. The second-order valence-electron chi connectivity index (χ2n) is 12.9. The summed E-state index contributed by atoms with van der Waals surface area (Å²) in [6, 6.07) is 13.4. The van der Waals surface area contributed by atoms with Crippen LogP contribution in [0.4, 0.5) is 17.1 Å². The first kappa shape index (κ1) is 42.7. The molecule has 1 atom stereocenters. The Balaban J connectivity index is 1.44. The van der Waals surface area contributed by atoms with Gasteiger partial charge in [0.05, 0.1) is 41.1 Å². The molecule has 4 rings (SSSR count). The number of carbonyl (C=O) groups excluding carboxylic acids is 5. The molecule has 0 aliphatic rings. The largest absolute Gasteiger partial charge is 0.462 e. The zero-order chi connectivity index (χ0) is 40.6. The van der Waals surface area contributed by atoms with E-state index in [9.17, 15) is 28.8 Å². The fourth-order valence-corrected chi connectivity index (χ4v) is 5.73. The van der Waals surface area contributed by atoms with Gasteiger partial charge in [0.1, 0.15) is 0 Å². The quantitative estimate of drug-likeness (QED) is 0.0359. The molecule has 0 saturated carbocycles. The molecule has 1 unspecified atom stereocenters. The lowest BCUT2D eigenvalue weighted by Crippen LogP contribution is -2.31. The normalized spacial score (nSPS) is 11.9. The molecular formula is C40H50N8O8. The maximum absolute atomic E-state index is 13.3. The van der Waals surface area contributed by atoms with E-state index in [4.69, 9.17) is 9.47 Å². The number of nitrogens with one attached hydrogen (secondary N) is 4. The van der Waals surface area contributed by atoms with Crippen molar-refractivity contribution in [2.75, 3.05) is 63.1 Å². The van der Waals surface area contributed by atoms with E-state index in [2.05, 4.69) is 68.3 Å². The number of ketones is 1. The van der Waals surface area contributed by atoms with Crippen LogP contribution in [-0.4, -0.2) is 108 Å². The minimum atomic E-state index is -1.46. The number of benzene rings is 3. The molecule has 298 valence electrons. The van der Waals surface area contributed by atoms with Crippen molar-refractivity contribution in [1.82, 2.24) is 19.8 Å². The van der Waals surface area contributed by atoms with E-state index in [-0.39, 0.29) is 41.3 Å². The average molecular weight is 771 g/mol. The van der Waals surface area contributed by atoms with Crippen LogP contribution in [0.25, 0.3) is 11.0 Å². The molecule has 4 N–H and O–H groups in total. The molecule has 0 aliphatic carbocycles. The number of aromatic amines is 2. The van der Waals surface area contributed by atoms with Gasteiger partial charge in [-0.1, -0.05) is 27.7 Å². The van der Waals surface area contributed by atoms with Crippen LogP contribution >= 0.6 is 0 Å². The highest BCUT2D eigenvalue weighted by molar-refractivity contribution is 6.10. The number of ether oxygens (including phenoxy) is 2. The minimum Gasteiger partial charge on any atom is -0.462 e. The van der Waals surface area contributed by atoms with Crippen LogP contribution in [0.1, 0.15) is 78.5 Å². The number of nitrogens with zero attached hydrogens (tertiary/aromatic N) is 4. The Bertz CT molecular complexity index is 2020. The van der Waals surface area contributed by atoms with Crippen molar-refractivity contribution < 1.29 is 33.4 Å². The SMILES string of the molecule is CCN(CC)CCCOC(=O)c1cc(NC(=O)c2ccc(/N=N/C(C(C)=O)C(=O)Nc3ccc4[nH]c(=O)[nH]c4c3)cc2)cc(C(=O)OCCCN(CC)CC)c1. The van der Waals surface area contributed by atoms with Crippen LogP contribution in [0.5, 0.6) is 0 Å². The van der Waals surface area contributed by atoms with E-state index in [1.165, 1.54) is 49.4 Å². The van der Waals surface area contributed by atoms with Gasteiger partial charge in [0.2, 0.25) is 6.04 Å². The predicted molar refractivity (Wildman–Crippen MR) is 213 cm³/mol. The Hall–Kier alpha value is -6.00. The predicted octanol–water partition coefficient (Wildman–Crippen LogP) is 5.57. The third kappa shape index (κ3) is 12.5. The topological polar surface area (TPSA) is 208 Å². The molecule has 0 bridgehead atoms. The first-order valence-electron chi connectivity index (χ1n) is 18.7. The maximum atomic E-state index is 13.3. The summed E-state index contributed by atoms with van der Waals surface area (Å²) in [6.07, 6.45) is 1.28. The molecule has 56 heavy (non-hydrogen) atoms. The fraction of sp³-hybridized carbons (Fsp3) is 0.400. The van der Waals surface area contributed by atoms with Crippen molar-refractivity contribution in [3.63, 3.8) is 0 Å². The van der Waals surface area contributed by atoms with E-state index in [1.54, 1.807) is 18.2 Å². The molecule has 3 aromatic carbocycles. The monoisotopic (exact) mass is 770 g/mol. The molecule has 16 heteroatoms. The molecule has 16 nitrogen and oxygen atoms in total. The van der Waals surface area contributed by atoms with Gasteiger partial charge in [0, 0.05) is 30.0 Å². The van der Waals surface area contributed by atoms with E-state index in [0.29, 0.717) is 29.6 Å². The minimum absolute atomic E-state index is 0.0838. The first-order valence-corrected chi connectivity index (χ1v) is 18.7. The second-order valence-corrected chi connectivity index (χ2v) is 12.9. The number of azo groups is 1. The number of fused-ring (bicyclic) bond motifs is 1. The van der Waals surface area contributed by atoms with E-state index < -0.39 is 41.3 Å². The molecule has 2 amide bonds. The summed E-state index contributed by atoms with van der Waals surface area (Å²) in [6.45, 7) is 14.9. The van der Waals surface area contributed by atoms with Crippen LogP contribution in [0.2, 0.25) is 0 Å². The zero-order valence-electron chi connectivity index (χ0n) is 32.5. The van der Waals surface area contributed by atoms with Crippen molar-refractivity contribution in [2.24, 2.45) is 10.2 Å². The van der Waals surface area contributed by atoms with Crippen molar-refractivity contribution in [2.45, 2.75) is 53.5 Å². The lowest BCUT2D eigenvalue weighted by atomic mass is 10.1. The van der Waals surface area contributed by atoms with Crippen LogP contribution in [-0.2, 0) is 19.1 Å². The number of esters is 2. The third-order valence-electron chi connectivity index (χ3n) is 8.99. The molecule has 0 spiro atoms. The summed E-state index contributed by atoms with van der Waals surface area (Å²) in [5.74, 6) is -3.09. The Morgan fingerprint density at radius 3 is 1.77 bits per heavy atom. The Labute approximate surface area is 325 Å². The molecule has 4 aromatic rings.